The van der Waals surface area contributed by atoms with Gasteiger partial charge < -0.3 is 10.5 Å². The fourth-order valence-corrected chi connectivity index (χ4v) is 2.70. The van der Waals surface area contributed by atoms with Crippen LogP contribution < -0.4 is 10.5 Å². The summed E-state index contributed by atoms with van der Waals surface area (Å²) < 4.78 is 9.71. The van der Waals surface area contributed by atoms with E-state index in [1.165, 1.54) is 30.8 Å². The molecule has 0 saturated heterocycles. The summed E-state index contributed by atoms with van der Waals surface area (Å²) >= 11 is 1.33. The summed E-state index contributed by atoms with van der Waals surface area (Å²) in [5, 5.41) is 0.690. The molecule has 1 aromatic rings. The van der Waals surface area contributed by atoms with E-state index < -0.39 is 0 Å². The summed E-state index contributed by atoms with van der Waals surface area (Å²) in [7, 11) is 0. The molecule has 0 aliphatic heterocycles. The molecule has 2 rings (SSSR count). The van der Waals surface area contributed by atoms with E-state index in [1.54, 1.807) is 0 Å². The first kappa shape index (κ1) is 10.8. The fraction of sp³-hybridized carbons (Fsp3) is 0.800. The predicted molar refractivity (Wildman–Crippen MR) is 60.0 cm³/mol. The fourth-order valence-electron chi connectivity index (χ4n) is 2.16. The van der Waals surface area contributed by atoms with Gasteiger partial charge in [0.15, 0.2) is 0 Å². The lowest BCUT2D eigenvalue weighted by molar-refractivity contribution is 0.216. The second kappa shape index (κ2) is 4.90. The third-order valence-electron chi connectivity index (χ3n) is 3.05. The Kier molecular flexibility index (Phi) is 3.53. The number of nitrogens with two attached hydrogens (primary N) is 1. The van der Waals surface area contributed by atoms with Gasteiger partial charge in [0.25, 0.3) is 5.19 Å². The Balaban J connectivity index is 1.82. The van der Waals surface area contributed by atoms with Gasteiger partial charge in [-0.3, -0.25) is 0 Å². The number of hydrogen-bond donors (Lipinski definition) is 1. The Morgan fingerprint density at radius 2 is 2.27 bits per heavy atom. The summed E-state index contributed by atoms with van der Waals surface area (Å²) in [5.41, 5.74) is 5.72. The van der Waals surface area contributed by atoms with Crippen LogP contribution in [0.25, 0.3) is 0 Å². The number of rotatable bonds is 4. The zero-order chi connectivity index (χ0) is 10.7. The smallest absolute Gasteiger partial charge is 0.293 e. The molecule has 0 aromatic carbocycles. The third-order valence-corrected chi connectivity index (χ3v) is 3.77. The van der Waals surface area contributed by atoms with E-state index in [2.05, 4.69) is 9.36 Å². The topological polar surface area (TPSA) is 61.0 Å². The van der Waals surface area contributed by atoms with Crippen LogP contribution in [0.3, 0.4) is 0 Å². The van der Waals surface area contributed by atoms with Gasteiger partial charge in [0.2, 0.25) is 0 Å². The summed E-state index contributed by atoms with van der Waals surface area (Å²) in [4.78, 5) is 4.18. The van der Waals surface area contributed by atoms with E-state index in [0.29, 0.717) is 17.0 Å². The van der Waals surface area contributed by atoms with Crippen LogP contribution in [0.4, 0.5) is 0 Å². The predicted octanol–water partition coefficient (Wildman–Crippen LogP) is 1.60. The molecule has 1 heterocycles. The maximum atomic E-state index is 5.72. The molecule has 15 heavy (non-hydrogen) atoms. The number of ether oxygens (including phenoxy) is 1. The summed E-state index contributed by atoms with van der Waals surface area (Å²) in [6, 6.07) is 0. The van der Waals surface area contributed by atoms with E-state index in [4.69, 9.17) is 10.5 Å². The van der Waals surface area contributed by atoms with Crippen molar-refractivity contribution in [3.63, 3.8) is 0 Å². The van der Waals surface area contributed by atoms with E-state index >= 15 is 0 Å². The molecule has 1 saturated carbocycles. The molecule has 5 heteroatoms. The van der Waals surface area contributed by atoms with E-state index in [1.807, 2.05) is 6.92 Å². The van der Waals surface area contributed by atoms with Crippen molar-refractivity contribution in [3.8, 4) is 5.19 Å². The molecule has 1 aliphatic carbocycles. The molecule has 0 spiro atoms. The Bertz CT molecular complexity index is 315. The number of nitrogens with zero attached hydrogens (tertiary/aromatic N) is 2. The molecule has 2 atom stereocenters. The molecule has 0 radical (unpaired) electrons. The van der Waals surface area contributed by atoms with Crippen LogP contribution in [-0.4, -0.2) is 22.5 Å². The zero-order valence-electron chi connectivity index (χ0n) is 8.98. The SMILES string of the molecule is Cc1nsc(OCC2CCCC2CN)n1. The van der Waals surface area contributed by atoms with Crippen LogP contribution in [0.1, 0.15) is 25.1 Å². The lowest BCUT2D eigenvalue weighted by Gasteiger charge is -2.16. The second-order valence-electron chi connectivity index (χ2n) is 4.11. The average Bonchev–Trinajstić information content (AvgIpc) is 2.83. The van der Waals surface area contributed by atoms with Crippen molar-refractivity contribution in [2.24, 2.45) is 17.6 Å². The highest BCUT2D eigenvalue weighted by atomic mass is 32.1. The highest BCUT2D eigenvalue weighted by Gasteiger charge is 2.26. The molecule has 0 bridgehead atoms. The first-order valence-corrected chi connectivity index (χ1v) is 6.20. The molecule has 84 valence electrons. The molecule has 1 aliphatic rings. The lowest BCUT2D eigenvalue weighted by atomic mass is 9.97. The van der Waals surface area contributed by atoms with Gasteiger partial charge in [-0.15, -0.1) is 0 Å². The van der Waals surface area contributed by atoms with Gasteiger partial charge in [-0.1, -0.05) is 6.42 Å². The van der Waals surface area contributed by atoms with E-state index in [9.17, 15) is 0 Å². The molecule has 1 aromatic heterocycles. The average molecular weight is 227 g/mol. The van der Waals surface area contributed by atoms with Crippen molar-refractivity contribution in [1.82, 2.24) is 9.36 Å². The summed E-state index contributed by atoms with van der Waals surface area (Å²) in [6.07, 6.45) is 3.77. The van der Waals surface area contributed by atoms with Crippen molar-refractivity contribution >= 4 is 11.5 Å². The van der Waals surface area contributed by atoms with Crippen LogP contribution in [0.15, 0.2) is 0 Å². The standard InChI is InChI=1S/C10H17N3OS/c1-7-12-10(15-13-7)14-6-9-4-2-3-8(9)5-11/h8-9H,2-6,11H2,1H3. The first-order valence-electron chi connectivity index (χ1n) is 5.42. The van der Waals surface area contributed by atoms with Crippen molar-refractivity contribution in [3.05, 3.63) is 5.82 Å². The zero-order valence-corrected chi connectivity index (χ0v) is 9.80. The van der Waals surface area contributed by atoms with Gasteiger partial charge in [-0.25, -0.2) is 0 Å². The van der Waals surface area contributed by atoms with Gasteiger partial charge in [0.05, 0.1) is 6.61 Å². The molecule has 1 fully saturated rings. The second-order valence-corrected chi connectivity index (χ2v) is 4.82. The minimum Gasteiger partial charge on any atom is -0.469 e. The van der Waals surface area contributed by atoms with Crippen LogP contribution in [0, 0.1) is 18.8 Å². The minimum absolute atomic E-state index is 0.610. The Morgan fingerprint density at radius 3 is 2.93 bits per heavy atom. The van der Waals surface area contributed by atoms with Gasteiger partial charge in [-0.2, -0.15) is 9.36 Å². The number of hydrogen-bond acceptors (Lipinski definition) is 5. The summed E-state index contributed by atoms with van der Waals surface area (Å²) in [6.45, 7) is 3.40. The van der Waals surface area contributed by atoms with Gasteiger partial charge in [0, 0.05) is 11.5 Å². The van der Waals surface area contributed by atoms with Crippen LogP contribution >= 0.6 is 11.5 Å². The van der Waals surface area contributed by atoms with Crippen molar-refractivity contribution in [2.45, 2.75) is 26.2 Å². The lowest BCUT2D eigenvalue weighted by Crippen LogP contribution is -2.23. The quantitative estimate of drug-likeness (QED) is 0.848. The molecule has 0 amide bonds. The Hall–Kier alpha value is -0.680. The maximum absolute atomic E-state index is 5.72. The molecular weight excluding hydrogens is 210 g/mol. The van der Waals surface area contributed by atoms with Crippen LogP contribution in [0.5, 0.6) is 5.19 Å². The van der Waals surface area contributed by atoms with Crippen molar-refractivity contribution < 1.29 is 4.74 Å². The van der Waals surface area contributed by atoms with E-state index in [-0.39, 0.29) is 0 Å². The van der Waals surface area contributed by atoms with Gasteiger partial charge >= 0.3 is 0 Å². The number of aryl methyl sites for hydroxylation is 1. The van der Waals surface area contributed by atoms with Crippen LogP contribution in [0.2, 0.25) is 0 Å². The number of aromatic nitrogens is 2. The van der Waals surface area contributed by atoms with Crippen molar-refractivity contribution in [2.75, 3.05) is 13.2 Å². The largest absolute Gasteiger partial charge is 0.469 e. The maximum Gasteiger partial charge on any atom is 0.293 e. The molecule has 2 unspecified atom stereocenters. The van der Waals surface area contributed by atoms with Gasteiger partial charge in [0.1, 0.15) is 5.82 Å². The normalized spacial score (nSPS) is 25.7. The summed E-state index contributed by atoms with van der Waals surface area (Å²) in [5.74, 6) is 2.04. The third kappa shape index (κ3) is 2.66. The molecule has 2 N–H and O–H groups in total. The van der Waals surface area contributed by atoms with Gasteiger partial charge in [-0.05, 0) is 38.1 Å². The molecular formula is C10H17N3OS. The monoisotopic (exact) mass is 227 g/mol. The first-order chi connectivity index (χ1) is 7.29. The minimum atomic E-state index is 0.610. The molecule has 4 nitrogen and oxygen atoms in total. The highest BCUT2D eigenvalue weighted by molar-refractivity contribution is 7.07. The Morgan fingerprint density at radius 1 is 1.47 bits per heavy atom. The van der Waals surface area contributed by atoms with Crippen molar-refractivity contribution in [1.29, 1.82) is 0 Å². The Labute approximate surface area is 94.0 Å². The van der Waals surface area contributed by atoms with E-state index in [0.717, 1.165) is 19.0 Å². The van der Waals surface area contributed by atoms with Crippen LogP contribution in [-0.2, 0) is 0 Å². The highest BCUT2D eigenvalue weighted by Crippen LogP contribution is 2.31.